The highest BCUT2D eigenvalue weighted by atomic mass is 16.5. The summed E-state index contributed by atoms with van der Waals surface area (Å²) in [5, 5.41) is 3.22. The summed E-state index contributed by atoms with van der Waals surface area (Å²) in [7, 11) is 0. The first kappa shape index (κ1) is 12.7. The topological polar surface area (TPSA) is 85.1 Å². The molecular weight excluding hydrogens is 206 g/mol. The number of nitrogens with one attached hydrogen (secondary N) is 2. The fourth-order valence-electron chi connectivity index (χ4n) is 1.30. The lowest BCUT2D eigenvalue weighted by Crippen LogP contribution is -2.23. The van der Waals surface area contributed by atoms with Crippen LogP contribution < -0.4 is 16.6 Å². The Bertz CT molecular complexity index is 331. The molecule has 0 fully saturated rings. The van der Waals surface area contributed by atoms with Crippen LogP contribution in [0.2, 0.25) is 0 Å². The predicted octanol–water partition coefficient (Wildman–Crippen LogP) is 0.908. The minimum Gasteiger partial charge on any atom is -0.380 e. The van der Waals surface area contributed by atoms with Crippen molar-refractivity contribution in [3.63, 3.8) is 0 Å². The first-order valence-corrected chi connectivity index (χ1v) is 5.32. The molecule has 1 aromatic heterocycles. The Kier molecular flexibility index (Phi) is 4.94. The Morgan fingerprint density at radius 3 is 2.75 bits per heavy atom. The number of nitrogens with two attached hydrogens (primary N) is 1. The molecule has 0 bridgehead atoms. The number of rotatable bonds is 6. The Balaban J connectivity index is 2.61. The monoisotopic (exact) mass is 225 g/mol. The van der Waals surface area contributed by atoms with Gasteiger partial charge in [-0.05, 0) is 20.8 Å². The number of aryl methyl sites for hydroxylation is 1. The number of nitrogen functional groups attached to an aromatic ring is 1. The van der Waals surface area contributed by atoms with Crippen LogP contribution in [0.5, 0.6) is 0 Å². The summed E-state index contributed by atoms with van der Waals surface area (Å²) in [5.74, 6) is 7.31. The van der Waals surface area contributed by atoms with Gasteiger partial charge in [0.15, 0.2) is 0 Å². The van der Waals surface area contributed by atoms with Gasteiger partial charge in [0, 0.05) is 18.7 Å². The zero-order valence-corrected chi connectivity index (χ0v) is 9.95. The van der Waals surface area contributed by atoms with E-state index in [1.165, 1.54) is 0 Å². The summed E-state index contributed by atoms with van der Waals surface area (Å²) in [4.78, 5) is 8.36. The zero-order valence-electron chi connectivity index (χ0n) is 9.95. The van der Waals surface area contributed by atoms with Gasteiger partial charge in [0.1, 0.15) is 17.5 Å². The van der Waals surface area contributed by atoms with Crippen LogP contribution in [0.3, 0.4) is 0 Å². The van der Waals surface area contributed by atoms with Gasteiger partial charge in [0.2, 0.25) is 0 Å². The van der Waals surface area contributed by atoms with Crippen molar-refractivity contribution in [3.8, 4) is 0 Å². The first-order chi connectivity index (χ1) is 7.65. The Labute approximate surface area is 95.6 Å². The van der Waals surface area contributed by atoms with Gasteiger partial charge in [-0.25, -0.2) is 15.8 Å². The molecule has 0 aliphatic rings. The highest BCUT2D eigenvalue weighted by molar-refractivity contribution is 5.47. The third-order valence-corrected chi connectivity index (χ3v) is 1.95. The summed E-state index contributed by atoms with van der Waals surface area (Å²) in [6, 6.07) is 1.95. The van der Waals surface area contributed by atoms with Crippen molar-refractivity contribution < 1.29 is 4.74 Å². The molecule has 0 aromatic carbocycles. The maximum absolute atomic E-state index is 5.31. The first-order valence-electron chi connectivity index (χ1n) is 5.32. The third kappa shape index (κ3) is 4.00. The van der Waals surface area contributed by atoms with Crippen molar-refractivity contribution in [1.29, 1.82) is 0 Å². The molecule has 1 heterocycles. The number of hydrazine groups is 1. The van der Waals surface area contributed by atoms with E-state index >= 15 is 0 Å². The molecule has 16 heavy (non-hydrogen) atoms. The highest BCUT2D eigenvalue weighted by Gasteiger charge is 2.05. The van der Waals surface area contributed by atoms with Gasteiger partial charge in [0.05, 0.1) is 6.61 Å². The molecule has 0 saturated carbocycles. The number of hydrogen-bond acceptors (Lipinski definition) is 6. The van der Waals surface area contributed by atoms with Crippen LogP contribution in [0, 0.1) is 6.92 Å². The van der Waals surface area contributed by atoms with E-state index in [0.717, 1.165) is 5.82 Å². The lowest BCUT2D eigenvalue weighted by Gasteiger charge is -2.15. The summed E-state index contributed by atoms with van der Waals surface area (Å²) in [6.45, 7) is 7.18. The molecular formula is C10H19N5O. The van der Waals surface area contributed by atoms with E-state index in [0.29, 0.717) is 24.9 Å². The lowest BCUT2D eigenvalue weighted by molar-refractivity contribution is 0.141. The van der Waals surface area contributed by atoms with Crippen LogP contribution in [0.1, 0.15) is 19.7 Å². The highest BCUT2D eigenvalue weighted by Crippen LogP contribution is 2.10. The van der Waals surface area contributed by atoms with E-state index in [4.69, 9.17) is 10.6 Å². The van der Waals surface area contributed by atoms with Gasteiger partial charge in [-0.15, -0.1) is 0 Å². The van der Waals surface area contributed by atoms with Crippen molar-refractivity contribution in [2.45, 2.75) is 26.8 Å². The molecule has 0 aliphatic heterocycles. The van der Waals surface area contributed by atoms with E-state index in [9.17, 15) is 0 Å². The van der Waals surface area contributed by atoms with E-state index < -0.39 is 0 Å². The van der Waals surface area contributed by atoms with Crippen molar-refractivity contribution >= 4 is 11.6 Å². The van der Waals surface area contributed by atoms with Crippen molar-refractivity contribution in [2.75, 3.05) is 24.0 Å². The minimum atomic E-state index is 0.194. The molecule has 1 aromatic rings. The van der Waals surface area contributed by atoms with Crippen LogP contribution in [-0.4, -0.2) is 29.2 Å². The molecule has 6 heteroatoms. The number of hydrogen-bond donors (Lipinski definition) is 3. The standard InChI is InChI=1S/C10H19N5O/c1-4-16-6-7(2)12-9-5-10(15-11)14-8(3)13-9/h5,7H,4,6,11H2,1-3H3,(H2,12,13,14,15). The fraction of sp³-hybridized carbons (Fsp3) is 0.600. The van der Waals surface area contributed by atoms with Crippen molar-refractivity contribution in [1.82, 2.24) is 9.97 Å². The van der Waals surface area contributed by atoms with Crippen LogP contribution >= 0.6 is 0 Å². The number of ether oxygens (including phenoxy) is 1. The molecule has 0 aliphatic carbocycles. The molecule has 4 N–H and O–H groups in total. The molecule has 1 atom stereocenters. The molecule has 0 amide bonds. The average Bonchev–Trinajstić information content (AvgIpc) is 2.25. The lowest BCUT2D eigenvalue weighted by atomic mass is 10.3. The fourth-order valence-corrected chi connectivity index (χ4v) is 1.30. The SMILES string of the molecule is CCOCC(C)Nc1cc(NN)nc(C)n1. The maximum atomic E-state index is 5.31. The Morgan fingerprint density at radius 1 is 1.44 bits per heavy atom. The van der Waals surface area contributed by atoms with Crippen molar-refractivity contribution in [3.05, 3.63) is 11.9 Å². The predicted molar refractivity (Wildman–Crippen MR) is 64.2 cm³/mol. The largest absolute Gasteiger partial charge is 0.380 e. The summed E-state index contributed by atoms with van der Waals surface area (Å²) >= 11 is 0. The molecule has 0 spiro atoms. The quantitative estimate of drug-likeness (QED) is 0.493. The summed E-state index contributed by atoms with van der Waals surface area (Å²) in [6.07, 6.45) is 0. The Hall–Kier alpha value is -1.40. The molecule has 0 radical (unpaired) electrons. The van der Waals surface area contributed by atoms with Crippen LogP contribution in [0.15, 0.2) is 6.07 Å². The van der Waals surface area contributed by atoms with Crippen LogP contribution in [0.25, 0.3) is 0 Å². The summed E-state index contributed by atoms with van der Waals surface area (Å²) in [5.41, 5.74) is 2.50. The second-order valence-corrected chi connectivity index (χ2v) is 3.53. The third-order valence-electron chi connectivity index (χ3n) is 1.95. The maximum Gasteiger partial charge on any atom is 0.145 e. The molecule has 1 unspecified atom stereocenters. The van der Waals surface area contributed by atoms with Gasteiger partial charge < -0.3 is 15.5 Å². The second kappa shape index (κ2) is 6.24. The van der Waals surface area contributed by atoms with Gasteiger partial charge >= 0.3 is 0 Å². The van der Waals surface area contributed by atoms with Gasteiger partial charge in [0.25, 0.3) is 0 Å². The normalized spacial score (nSPS) is 12.2. The molecule has 90 valence electrons. The summed E-state index contributed by atoms with van der Waals surface area (Å²) < 4.78 is 5.31. The van der Waals surface area contributed by atoms with Crippen LogP contribution in [0.4, 0.5) is 11.6 Å². The minimum absolute atomic E-state index is 0.194. The van der Waals surface area contributed by atoms with Crippen LogP contribution in [-0.2, 0) is 4.74 Å². The number of aromatic nitrogens is 2. The smallest absolute Gasteiger partial charge is 0.145 e. The van der Waals surface area contributed by atoms with E-state index in [1.54, 1.807) is 6.07 Å². The molecule has 6 nitrogen and oxygen atoms in total. The van der Waals surface area contributed by atoms with Gasteiger partial charge in [-0.2, -0.15) is 0 Å². The number of nitrogens with zero attached hydrogens (tertiary/aromatic N) is 2. The molecule has 0 saturated heterocycles. The van der Waals surface area contributed by atoms with E-state index in [2.05, 4.69) is 20.7 Å². The molecule has 1 rings (SSSR count). The second-order valence-electron chi connectivity index (χ2n) is 3.53. The zero-order chi connectivity index (χ0) is 12.0. The Morgan fingerprint density at radius 2 is 2.12 bits per heavy atom. The number of anilines is 2. The van der Waals surface area contributed by atoms with Crippen molar-refractivity contribution in [2.24, 2.45) is 5.84 Å². The average molecular weight is 225 g/mol. The van der Waals surface area contributed by atoms with E-state index in [1.807, 2.05) is 20.8 Å². The van der Waals surface area contributed by atoms with Gasteiger partial charge in [-0.3, -0.25) is 0 Å². The van der Waals surface area contributed by atoms with E-state index in [-0.39, 0.29) is 6.04 Å². The van der Waals surface area contributed by atoms with Gasteiger partial charge in [-0.1, -0.05) is 0 Å².